The molecule has 1 aliphatic heterocycles. The maximum Gasteiger partial charge on any atom is 0.241 e. The van der Waals surface area contributed by atoms with Crippen LogP contribution in [0.2, 0.25) is 5.02 Å². The van der Waals surface area contributed by atoms with E-state index in [1.165, 1.54) is 6.42 Å². The summed E-state index contributed by atoms with van der Waals surface area (Å²) in [6, 6.07) is 7.75. The van der Waals surface area contributed by atoms with Crippen molar-refractivity contribution in [3.63, 3.8) is 0 Å². The first kappa shape index (κ1) is 16.3. The van der Waals surface area contributed by atoms with Crippen molar-refractivity contribution in [1.29, 1.82) is 0 Å². The van der Waals surface area contributed by atoms with Crippen LogP contribution in [0.3, 0.4) is 0 Å². The summed E-state index contributed by atoms with van der Waals surface area (Å²) in [6.45, 7) is 5.12. The van der Waals surface area contributed by atoms with E-state index in [-0.39, 0.29) is 18.1 Å². The Hall–Kier alpha value is -1.06. The minimum Gasteiger partial charge on any atom is -0.322 e. The first-order valence-electron chi connectivity index (χ1n) is 7.99. The van der Waals surface area contributed by atoms with E-state index in [1.54, 1.807) is 0 Å². The smallest absolute Gasteiger partial charge is 0.241 e. The molecule has 21 heavy (non-hydrogen) atoms. The van der Waals surface area contributed by atoms with E-state index in [0.29, 0.717) is 0 Å². The lowest BCUT2D eigenvalue weighted by molar-refractivity contribution is -0.130. The van der Waals surface area contributed by atoms with Gasteiger partial charge in [0.2, 0.25) is 5.91 Å². The number of carbonyl (C=O) groups is 1. The van der Waals surface area contributed by atoms with Crippen molar-refractivity contribution in [2.24, 2.45) is 0 Å². The van der Waals surface area contributed by atoms with Gasteiger partial charge in [-0.2, -0.15) is 0 Å². The number of hydrogen-bond donors (Lipinski definition) is 1. The Morgan fingerprint density at radius 3 is 2.48 bits per heavy atom. The molecular weight excluding hydrogens is 284 g/mol. The third-order valence-corrected chi connectivity index (χ3v) is 4.27. The maximum absolute atomic E-state index is 12.6. The monoisotopic (exact) mass is 308 g/mol. The Balaban J connectivity index is 2.14. The number of rotatable bonds is 7. The van der Waals surface area contributed by atoms with Crippen LogP contribution in [0.4, 0.5) is 0 Å². The van der Waals surface area contributed by atoms with Crippen molar-refractivity contribution < 1.29 is 4.79 Å². The molecule has 116 valence electrons. The van der Waals surface area contributed by atoms with Gasteiger partial charge in [-0.05, 0) is 30.5 Å². The fraction of sp³-hybridized carbons (Fsp3) is 0.588. The summed E-state index contributed by atoms with van der Waals surface area (Å²) in [6.07, 6.45) is 5.29. The molecule has 2 rings (SSSR count). The van der Waals surface area contributed by atoms with Gasteiger partial charge in [-0.3, -0.25) is 10.1 Å². The summed E-state index contributed by atoms with van der Waals surface area (Å²) >= 11 is 5.96. The summed E-state index contributed by atoms with van der Waals surface area (Å²) < 4.78 is 0. The zero-order valence-electron chi connectivity index (χ0n) is 12.9. The molecule has 1 amide bonds. The molecule has 2 unspecified atom stereocenters. The van der Waals surface area contributed by atoms with E-state index in [9.17, 15) is 4.79 Å². The summed E-state index contributed by atoms with van der Waals surface area (Å²) in [5, 5.41) is 4.22. The molecule has 1 heterocycles. The molecule has 3 nitrogen and oxygen atoms in total. The molecule has 1 fully saturated rings. The van der Waals surface area contributed by atoms with Crippen molar-refractivity contribution in [2.45, 2.75) is 58.2 Å². The molecular formula is C17H25ClN2O. The summed E-state index contributed by atoms with van der Waals surface area (Å²) in [5.74, 6) is 0.243. The van der Waals surface area contributed by atoms with Crippen LogP contribution in [0.5, 0.6) is 0 Å². The molecule has 2 atom stereocenters. The van der Waals surface area contributed by atoms with Gasteiger partial charge in [0.05, 0.1) is 6.04 Å². The zero-order valence-corrected chi connectivity index (χ0v) is 13.7. The van der Waals surface area contributed by atoms with Crippen LogP contribution in [-0.4, -0.2) is 23.4 Å². The molecule has 1 N–H and O–H groups in total. The van der Waals surface area contributed by atoms with Crippen LogP contribution in [0, 0.1) is 0 Å². The van der Waals surface area contributed by atoms with Crippen molar-refractivity contribution in [2.75, 3.05) is 6.54 Å². The zero-order chi connectivity index (χ0) is 15.2. The van der Waals surface area contributed by atoms with Crippen molar-refractivity contribution in [1.82, 2.24) is 10.2 Å². The van der Waals surface area contributed by atoms with Crippen LogP contribution in [-0.2, 0) is 4.79 Å². The average Bonchev–Trinajstić information content (AvgIpc) is 2.78. The fourth-order valence-corrected chi connectivity index (χ4v) is 2.99. The van der Waals surface area contributed by atoms with Crippen LogP contribution in [0.1, 0.15) is 57.7 Å². The first-order valence-corrected chi connectivity index (χ1v) is 8.37. The summed E-state index contributed by atoms with van der Waals surface area (Å²) in [7, 11) is 0. The quantitative estimate of drug-likeness (QED) is 0.768. The third-order valence-electron chi connectivity index (χ3n) is 4.02. The Morgan fingerprint density at radius 2 is 1.86 bits per heavy atom. The van der Waals surface area contributed by atoms with Crippen LogP contribution in [0.15, 0.2) is 24.3 Å². The lowest BCUT2D eigenvalue weighted by Gasteiger charge is -2.24. The predicted octanol–water partition coefficient (Wildman–Crippen LogP) is 4.13. The van der Waals surface area contributed by atoms with Gasteiger partial charge < -0.3 is 4.90 Å². The number of nitrogens with zero attached hydrogens (tertiary/aromatic N) is 1. The number of amides is 1. The minimum absolute atomic E-state index is 0.0110. The lowest BCUT2D eigenvalue weighted by atomic mass is 10.1. The Morgan fingerprint density at radius 1 is 1.14 bits per heavy atom. The van der Waals surface area contributed by atoms with E-state index >= 15 is 0 Å². The Labute approximate surface area is 132 Å². The van der Waals surface area contributed by atoms with Gasteiger partial charge in [0.15, 0.2) is 0 Å². The van der Waals surface area contributed by atoms with Gasteiger partial charge in [0, 0.05) is 11.6 Å². The third kappa shape index (κ3) is 3.98. The molecule has 0 spiro atoms. The van der Waals surface area contributed by atoms with Crippen LogP contribution < -0.4 is 5.32 Å². The standard InChI is InChI=1S/C17H25ClN2O/c1-3-5-6-12-20-16(13-8-10-14(18)11-9-13)19-15(7-4-2)17(20)21/h8-11,15-16,19H,3-7,12H2,1-2H3. The lowest BCUT2D eigenvalue weighted by Crippen LogP contribution is -2.32. The second-order valence-electron chi connectivity index (χ2n) is 5.70. The molecule has 1 aromatic rings. The molecule has 4 heteroatoms. The number of unbranched alkanes of at least 4 members (excludes halogenated alkanes) is 2. The van der Waals surface area contributed by atoms with Gasteiger partial charge in [0.1, 0.15) is 6.17 Å². The van der Waals surface area contributed by atoms with E-state index < -0.39 is 0 Å². The Bertz CT molecular complexity index is 460. The van der Waals surface area contributed by atoms with Crippen LogP contribution >= 0.6 is 11.6 Å². The van der Waals surface area contributed by atoms with Crippen molar-refractivity contribution >= 4 is 17.5 Å². The number of carbonyl (C=O) groups excluding carboxylic acids is 1. The topological polar surface area (TPSA) is 32.3 Å². The number of benzene rings is 1. The molecule has 0 aliphatic carbocycles. The number of halogens is 1. The van der Waals surface area contributed by atoms with E-state index in [1.807, 2.05) is 29.2 Å². The molecule has 1 aliphatic rings. The average molecular weight is 309 g/mol. The van der Waals surface area contributed by atoms with Crippen LogP contribution in [0.25, 0.3) is 0 Å². The minimum atomic E-state index is -0.0442. The highest BCUT2D eigenvalue weighted by Gasteiger charge is 2.38. The van der Waals surface area contributed by atoms with Gasteiger partial charge in [0.25, 0.3) is 0 Å². The van der Waals surface area contributed by atoms with E-state index in [0.717, 1.165) is 42.8 Å². The van der Waals surface area contributed by atoms with Crippen molar-refractivity contribution in [3.05, 3.63) is 34.9 Å². The number of nitrogens with one attached hydrogen (secondary N) is 1. The summed E-state index contributed by atoms with van der Waals surface area (Å²) in [4.78, 5) is 14.6. The molecule has 0 bridgehead atoms. The van der Waals surface area contributed by atoms with Gasteiger partial charge in [-0.25, -0.2) is 0 Å². The van der Waals surface area contributed by atoms with Gasteiger partial charge >= 0.3 is 0 Å². The van der Waals surface area contributed by atoms with Gasteiger partial charge in [-0.15, -0.1) is 0 Å². The second kappa shape index (κ2) is 7.81. The highest BCUT2D eigenvalue weighted by molar-refractivity contribution is 6.30. The number of hydrogen-bond acceptors (Lipinski definition) is 2. The SMILES string of the molecule is CCCCCN1C(=O)C(CCC)NC1c1ccc(Cl)cc1. The van der Waals surface area contributed by atoms with E-state index in [2.05, 4.69) is 19.2 Å². The fourth-order valence-electron chi connectivity index (χ4n) is 2.87. The molecule has 1 saturated heterocycles. The predicted molar refractivity (Wildman–Crippen MR) is 87.3 cm³/mol. The molecule has 0 saturated carbocycles. The largest absolute Gasteiger partial charge is 0.322 e. The summed E-state index contributed by atoms with van der Waals surface area (Å²) in [5.41, 5.74) is 1.11. The first-order chi connectivity index (χ1) is 10.2. The maximum atomic E-state index is 12.6. The molecule has 1 aromatic carbocycles. The highest BCUT2D eigenvalue weighted by atomic mass is 35.5. The second-order valence-corrected chi connectivity index (χ2v) is 6.14. The molecule has 0 radical (unpaired) electrons. The normalized spacial score (nSPS) is 22.0. The van der Waals surface area contributed by atoms with E-state index in [4.69, 9.17) is 11.6 Å². The Kier molecular flexibility index (Phi) is 6.07. The van der Waals surface area contributed by atoms with Crippen molar-refractivity contribution in [3.8, 4) is 0 Å². The highest BCUT2D eigenvalue weighted by Crippen LogP contribution is 2.28. The molecule has 0 aromatic heterocycles. The van der Waals surface area contributed by atoms with Gasteiger partial charge in [-0.1, -0.05) is 56.8 Å².